The van der Waals surface area contributed by atoms with Crippen LogP contribution in [0.15, 0.2) is 60.7 Å². The first-order valence-electron chi connectivity index (χ1n) is 8.33. The summed E-state index contributed by atoms with van der Waals surface area (Å²) >= 11 is 13.4. The van der Waals surface area contributed by atoms with Crippen molar-refractivity contribution in [3.63, 3.8) is 0 Å². The molecule has 0 aliphatic carbocycles. The van der Waals surface area contributed by atoms with Crippen molar-refractivity contribution in [2.75, 3.05) is 5.32 Å². The highest BCUT2D eigenvalue weighted by atomic mass is 35.5. The number of carbonyl (C=O) groups is 1. The molecule has 144 valence electrons. The number of benzene rings is 3. The molecule has 1 N–H and O–H groups in total. The Hall–Kier alpha value is -3.00. The number of carbonyl (C=O) groups excluding carboxylic acids is 1. The summed E-state index contributed by atoms with van der Waals surface area (Å²) in [6.07, 6.45) is 0. The van der Waals surface area contributed by atoms with Crippen molar-refractivity contribution >= 4 is 62.0 Å². The fraction of sp³-hybridized carbons (Fsp3) is 0. The van der Waals surface area contributed by atoms with Crippen molar-refractivity contribution in [2.24, 2.45) is 0 Å². The number of nitro benzene ring substituents is 1. The van der Waals surface area contributed by atoms with Crippen LogP contribution >= 0.6 is 34.5 Å². The number of hydrogen-bond acceptors (Lipinski definition) is 5. The van der Waals surface area contributed by atoms with E-state index >= 15 is 0 Å². The molecule has 0 aliphatic heterocycles. The Kier molecular flexibility index (Phi) is 5.19. The predicted molar refractivity (Wildman–Crippen MR) is 116 cm³/mol. The number of nitrogens with one attached hydrogen (secondary N) is 1. The van der Waals surface area contributed by atoms with Crippen LogP contribution in [0.3, 0.4) is 0 Å². The van der Waals surface area contributed by atoms with Crippen LogP contribution in [0.25, 0.3) is 20.8 Å². The molecule has 1 amide bonds. The zero-order valence-electron chi connectivity index (χ0n) is 14.6. The van der Waals surface area contributed by atoms with Crippen molar-refractivity contribution in [3.05, 3.63) is 86.4 Å². The number of halogens is 2. The Morgan fingerprint density at radius 1 is 1.07 bits per heavy atom. The lowest BCUT2D eigenvalue weighted by Gasteiger charge is -2.10. The summed E-state index contributed by atoms with van der Waals surface area (Å²) in [6, 6.07) is 16.4. The van der Waals surface area contributed by atoms with Crippen LogP contribution < -0.4 is 5.32 Å². The van der Waals surface area contributed by atoms with E-state index in [1.54, 1.807) is 12.1 Å². The van der Waals surface area contributed by atoms with E-state index in [1.165, 1.54) is 35.6 Å². The Balaban J connectivity index is 1.78. The van der Waals surface area contributed by atoms with Gasteiger partial charge in [0, 0.05) is 22.7 Å². The minimum atomic E-state index is -0.521. The molecule has 1 heterocycles. The second-order valence-electron chi connectivity index (χ2n) is 6.05. The number of rotatable bonds is 4. The Bertz CT molecular complexity index is 1240. The van der Waals surface area contributed by atoms with Crippen LogP contribution in [-0.2, 0) is 0 Å². The number of para-hydroxylation sites is 1. The third-order valence-corrected chi connectivity index (χ3v) is 5.78. The van der Waals surface area contributed by atoms with Crippen molar-refractivity contribution in [3.8, 4) is 10.6 Å². The summed E-state index contributed by atoms with van der Waals surface area (Å²) < 4.78 is 0.971. The van der Waals surface area contributed by atoms with Crippen LogP contribution in [0, 0.1) is 10.1 Å². The van der Waals surface area contributed by atoms with Gasteiger partial charge >= 0.3 is 0 Å². The second kappa shape index (κ2) is 7.79. The maximum Gasteiger partial charge on any atom is 0.271 e. The first-order valence-corrected chi connectivity index (χ1v) is 9.90. The van der Waals surface area contributed by atoms with Gasteiger partial charge in [0.25, 0.3) is 11.6 Å². The summed E-state index contributed by atoms with van der Waals surface area (Å²) in [5, 5.41) is 15.2. The average Bonchev–Trinajstić information content (AvgIpc) is 3.11. The van der Waals surface area contributed by atoms with E-state index in [1.807, 2.05) is 24.3 Å². The molecule has 0 bridgehead atoms. The number of thiazole rings is 1. The largest absolute Gasteiger partial charge is 0.321 e. The minimum absolute atomic E-state index is 0.146. The summed E-state index contributed by atoms with van der Waals surface area (Å²) in [5.41, 5.74) is 1.72. The maximum atomic E-state index is 12.8. The van der Waals surface area contributed by atoms with Crippen molar-refractivity contribution < 1.29 is 9.72 Å². The van der Waals surface area contributed by atoms with Gasteiger partial charge in [-0.05, 0) is 36.4 Å². The molecule has 0 radical (unpaired) electrons. The molecule has 0 spiro atoms. The minimum Gasteiger partial charge on any atom is -0.321 e. The molecule has 0 fully saturated rings. The van der Waals surface area contributed by atoms with Crippen LogP contribution in [0.4, 0.5) is 11.4 Å². The molecule has 0 aliphatic rings. The number of aromatic nitrogens is 1. The van der Waals surface area contributed by atoms with Crippen LogP contribution in [0.5, 0.6) is 0 Å². The van der Waals surface area contributed by atoms with Gasteiger partial charge in [0.05, 0.1) is 31.4 Å². The standard InChI is InChI=1S/C20H11Cl2N3O3S/c21-11-5-7-13(15(22)9-11)19(26)23-17-10-12(25(27)28)6-8-14(17)20-24-16-3-1-2-4-18(16)29-20/h1-10H,(H,23,26). The highest BCUT2D eigenvalue weighted by Crippen LogP contribution is 2.37. The van der Waals surface area contributed by atoms with E-state index in [2.05, 4.69) is 10.3 Å². The summed E-state index contributed by atoms with van der Waals surface area (Å²) in [5.74, 6) is -0.505. The lowest BCUT2D eigenvalue weighted by Crippen LogP contribution is -2.13. The molecule has 0 atom stereocenters. The van der Waals surface area contributed by atoms with Crippen molar-refractivity contribution in [1.82, 2.24) is 4.98 Å². The number of anilines is 1. The number of amides is 1. The third kappa shape index (κ3) is 3.93. The predicted octanol–water partition coefficient (Wildman–Crippen LogP) is 6.43. The molecule has 29 heavy (non-hydrogen) atoms. The first-order chi connectivity index (χ1) is 13.9. The lowest BCUT2D eigenvalue weighted by atomic mass is 10.1. The van der Waals surface area contributed by atoms with E-state index in [-0.39, 0.29) is 22.0 Å². The van der Waals surface area contributed by atoms with Gasteiger partial charge in [0.1, 0.15) is 5.01 Å². The van der Waals surface area contributed by atoms with Gasteiger partial charge in [0.2, 0.25) is 0 Å². The van der Waals surface area contributed by atoms with Crippen LogP contribution in [-0.4, -0.2) is 15.8 Å². The molecule has 3 aromatic carbocycles. The van der Waals surface area contributed by atoms with Gasteiger partial charge in [-0.25, -0.2) is 4.98 Å². The topological polar surface area (TPSA) is 85.1 Å². The highest BCUT2D eigenvalue weighted by molar-refractivity contribution is 7.21. The smallest absolute Gasteiger partial charge is 0.271 e. The van der Waals surface area contributed by atoms with E-state index in [0.29, 0.717) is 15.6 Å². The Morgan fingerprint density at radius 2 is 1.86 bits per heavy atom. The van der Waals surface area contributed by atoms with Crippen molar-refractivity contribution in [2.45, 2.75) is 0 Å². The fourth-order valence-corrected chi connectivity index (χ4v) is 4.29. The number of nitro groups is 1. The SMILES string of the molecule is O=C(Nc1cc([N+](=O)[O-])ccc1-c1nc2ccccc2s1)c1ccc(Cl)cc1Cl. The molecular weight excluding hydrogens is 433 g/mol. The molecule has 6 nitrogen and oxygen atoms in total. The van der Waals surface area contributed by atoms with E-state index in [9.17, 15) is 14.9 Å². The average molecular weight is 444 g/mol. The molecule has 0 unspecified atom stereocenters. The van der Waals surface area contributed by atoms with Gasteiger partial charge < -0.3 is 5.32 Å². The van der Waals surface area contributed by atoms with Crippen molar-refractivity contribution in [1.29, 1.82) is 0 Å². The van der Waals surface area contributed by atoms with E-state index in [4.69, 9.17) is 23.2 Å². The number of nitrogens with zero attached hydrogens (tertiary/aromatic N) is 2. The zero-order chi connectivity index (χ0) is 20.5. The molecule has 1 aromatic heterocycles. The van der Waals surface area contributed by atoms with Gasteiger partial charge in [-0.1, -0.05) is 35.3 Å². The Labute approximate surface area is 178 Å². The van der Waals surface area contributed by atoms with Crippen LogP contribution in [0.2, 0.25) is 10.0 Å². The first kappa shape index (κ1) is 19.3. The van der Waals surface area contributed by atoms with Gasteiger partial charge in [-0.2, -0.15) is 0 Å². The summed E-state index contributed by atoms with van der Waals surface area (Å²) in [4.78, 5) is 28.1. The van der Waals surface area contributed by atoms with E-state index < -0.39 is 10.8 Å². The third-order valence-electron chi connectivity index (χ3n) is 4.16. The summed E-state index contributed by atoms with van der Waals surface area (Å²) in [6.45, 7) is 0. The number of hydrogen-bond donors (Lipinski definition) is 1. The second-order valence-corrected chi connectivity index (χ2v) is 7.93. The van der Waals surface area contributed by atoms with Gasteiger partial charge in [-0.15, -0.1) is 11.3 Å². The lowest BCUT2D eigenvalue weighted by molar-refractivity contribution is -0.384. The van der Waals surface area contributed by atoms with Gasteiger partial charge in [-0.3, -0.25) is 14.9 Å². The summed E-state index contributed by atoms with van der Waals surface area (Å²) in [7, 11) is 0. The highest BCUT2D eigenvalue weighted by Gasteiger charge is 2.19. The van der Waals surface area contributed by atoms with Crippen LogP contribution in [0.1, 0.15) is 10.4 Å². The Morgan fingerprint density at radius 3 is 2.59 bits per heavy atom. The molecular formula is C20H11Cl2N3O3S. The quantitative estimate of drug-likeness (QED) is 0.290. The zero-order valence-corrected chi connectivity index (χ0v) is 16.9. The molecule has 4 aromatic rings. The molecule has 4 rings (SSSR count). The fourth-order valence-electron chi connectivity index (χ4n) is 2.79. The molecule has 0 saturated heterocycles. The number of fused-ring (bicyclic) bond motifs is 1. The molecule has 9 heteroatoms. The normalized spacial score (nSPS) is 10.8. The van der Waals surface area contributed by atoms with Gasteiger partial charge in [0.15, 0.2) is 0 Å². The van der Waals surface area contributed by atoms with E-state index in [0.717, 1.165) is 10.2 Å². The monoisotopic (exact) mass is 443 g/mol. The maximum absolute atomic E-state index is 12.8. The number of non-ortho nitro benzene ring substituents is 1. The molecule has 0 saturated carbocycles.